The third-order valence-electron chi connectivity index (χ3n) is 8.89. The number of unbranched alkanes of at least 4 members (excludes halogenated alkanes) is 15. The summed E-state index contributed by atoms with van der Waals surface area (Å²) < 4.78 is 11.1. The molecule has 0 rings (SSSR count). The van der Waals surface area contributed by atoms with Gasteiger partial charge in [-0.05, 0) is 37.0 Å². The predicted molar refractivity (Wildman–Crippen MR) is 176 cm³/mol. The minimum absolute atomic E-state index is 0.00270. The number of hydrogen-bond donors (Lipinski definition) is 0. The Balaban J connectivity index is 3.43. The summed E-state index contributed by atoms with van der Waals surface area (Å²) in [4.78, 5) is 24.1. The number of carbonyl (C=O) groups excluding carboxylic acids is 2. The van der Waals surface area contributed by atoms with Crippen LogP contribution in [-0.4, -0.2) is 25.2 Å². The third kappa shape index (κ3) is 27.5. The second-order valence-corrected chi connectivity index (χ2v) is 13.0. The van der Waals surface area contributed by atoms with Gasteiger partial charge in [0.25, 0.3) is 0 Å². The van der Waals surface area contributed by atoms with E-state index >= 15 is 0 Å². The molecule has 0 aromatic rings. The summed E-state index contributed by atoms with van der Waals surface area (Å²) in [6.07, 6.45) is 29.9. The van der Waals surface area contributed by atoms with Crippen molar-refractivity contribution in [3.8, 4) is 0 Å². The lowest BCUT2D eigenvalue weighted by Crippen LogP contribution is -2.15. The summed E-state index contributed by atoms with van der Waals surface area (Å²) in [5.41, 5.74) is 0. The number of ether oxygens (including phenoxy) is 2. The fraction of sp³-hybridized carbons (Fsp3) is 0.946. The van der Waals surface area contributed by atoms with Gasteiger partial charge in [0, 0.05) is 12.8 Å². The predicted octanol–water partition coefficient (Wildman–Crippen LogP) is 11.8. The van der Waals surface area contributed by atoms with Gasteiger partial charge in [0.05, 0.1) is 13.2 Å². The van der Waals surface area contributed by atoms with Crippen LogP contribution < -0.4 is 0 Å². The van der Waals surface area contributed by atoms with Crippen molar-refractivity contribution in [3.63, 3.8) is 0 Å². The van der Waals surface area contributed by atoms with Crippen LogP contribution in [-0.2, 0) is 19.1 Å². The van der Waals surface area contributed by atoms with E-state index in [0.29, 0.717) is 43.8 Å². The number of carbonyl (C=O) groups is 2. The molecule has 0 spiro atoms. The van der Waals surface area contributed by atoms with Crippen molar-refractivity contribution in [2.24, 2.45) is 17.8 Å². The summed E-state index contributed by atoms with van der Waals surface area (Å²) in [5.74, 6) is 1.52. The van der Waals surface area contributed by atoms with Gasteiger partial charge in [0.15, 0.2) is 0 Å². The molecule has 0 fully saturated rings. The lowest BCUT2D eigenvalue weighted by atomic mass is 9.98. The van der Waals surface area contributed by atoms with Gasteiger partial charge in [-0.15, -0.1) is 0 Å². The molecule has 0 bridgehead atoms. The van der Waals surface area contributed by atoms with Gasteiger partial charge < -0.3 is 9.47 Å². The van der Waals surface area contributed by atoms with E-state index < -0.39 is 0 Å². The molecule has 41 heavy (non-hydrogen) atoms. The highest BCUT2D eigenvalue weighted by molar-refractivity contribution is 5.69. The number of rotatable bonds is 31. The van der Waals surface area contributed by atoms with Gasteiger partial charge in [-0.1, -0.05) is 163 Å². The Bertz CT molecular complexity index is 575. The largest absolute Gasteiger partial charge is 0.465 e. The van der Waals surface area contributed by atoms with Crippen LogP contribution in [0.15, 0.2) is 0 Å². The Morgan fingerprint density at radius 2 is 0.878 bits per heavy atom. The number of hydrogen-bond acceptors (Lipinski definition) is 4. The molecule has 4 nitrogen and oxygen atoms in total. The molecule has 0 aromatic heterocycles. The first kappa shape index (κ1) is 39.9. The maximum atomic E-state index is 12.2. The zero-order chi connectivity index (χ0) is 30.4. The van der Waals surface area contributed by atoms with Crippen LogP contribution in [0.1, 0.15) is 195 Å². The molecular formula is C37H72O4. The summed E-state index contributed by atoms with van der Waals surface area (Å²) in [6, 6.07) is 0. The molecule has 0 saturated carbocycles. The van der Waals surface area contributed by atoms with Crippen LogP contribution in [0.4, 0.5) is 0 Å². The SMILES string of the molecule is CCCCC(CC)COC(=O)CCCCCCCCCCCCCCCCC(C)CC(=O)OCC(CC)CCCC. The monoisotopic (exact) mass is 581 g/mol. The lowest BCUT2D eigenvalue weighted by molar-refractivity contribution is -0.146. The first-order chi connectivity index (χ1) is 20.0. The molecule has 0 radical (unpaired) electrons. The molecule has 0 aliphatic rings. The van der Waals surface area contributed by atoms with E-state index in [1.165, 1.54) is 116 Å². The fourth-order valence-electron chi connectivity index (χ4n) is 5.62. The number of esters is 2. The second kappa shape index (κ2) is 30.4. The Morgan fingerprint density at radius 3 is 1.29 bits per heavy atom. The maximum absolute atomic E-state index is 12.2. The van der Waals surface area contributed by atoms with E-state index in [0.717, 1.165) is 32.1 Å². The van der Waals surface area contributed by atoms with Gasteiger partial charge in [-0.25, -0.2) is 0 Å². The van der Waals surface area contributed by atoms with Crippen LogP contribution in [0.25, 0.3) is 0 Å². The first-order valence-electron chi connectivity index (χ1n) is 18.3. The molecule has 0 saturated heterocycles. The minimum atomic E-state index is 0.00270. The molecule has 0 aliphatic carbocycles. The van der Waals surface area contributed by atoms with Crippen LogP contribution in [0.2, 0.25) is 0 Å². The van der Waals surface area contributed by atoms with Crippen molar-refractivity contribution >= 4 is 11.9 Å². The second-order valence-electron chi connectivity index (χ2n) is 13.0. The van der Waals surface area contributed by atoms with E-state index in [2.05, 4.69) is 34.6 Å². The van der Waals surface area contributed by atoms with Gasteiger partial charge >= 0.3 is 11.9 Å². The van der Waals surface area contributed by atoms with Crippen LogP contribution in [0.3, 0.4) is 0 Å². The standard InChI is InChI=1S/C37H72O4/c1-6-10-27-34(8-3)31-40-36(38)29-25-23-21-19-17-15-13-12-14-16-18-20-22-24-26-33(5)30-37(39)41-32-35(9-4)28-11-7-2/h33-35H,6-32H2,1-5H3. The Labute approximate surface area is 256 Å². The average Bonchev–Trinajstić information content (AvgIpc) is 2.97. The highest BCUT2D eigenvalue weighted by atomic mass is 16.5. The van der Waals surface area contributed by atoms with Crippen molar-refractivity contribution in [2.75, 3.05) is 13.2 Å². The summed E-state index contributed by atoms with van der Waals surface area (Å²) in [6.45, 7) is 12.2. The van der Waals surface area contributed by atoms with Gasteiger partial charge in [0.1, 0.15) is 0 Å². The highest BCUT2D eigenvalue weighted by Gasteiger charge is 2.13. The first-order valence-corrected chi connectivity index (χ1v) is 18.3. The molecule has 244 valence electrons. The van der Waals surface area contributed by atoms with Crippen molar-refractivity contribution in [1.82, 2.24) is 0 Å². The smallest absolute Gasteiger partial charge is 0.306 e. The van der Waals surface area contributed by atoms with Crippen LogP contribution in [0.5, 0.6) is 0 Å². The van der Waals surface area contributed by atoms with E-state index in [4.69, 9.17) is 9.47 Å². The van der Waals surface area contributed by atoms with Crippen LogP contribution in [0, 0.1) is 17.8 Å². The summed E-state index contributed by atoms with van der Waals surface area (Å²) >= 11 is 0. The molecule has 3 unspecified atom stereocenters. The Morgan fingerprint density at radius 1 is 0.488 bits per heavy atom. The molecule has 0 amide bonds. The quantitative estimate of drug-likeness (QED) is 0.0604. The summed E-state index contributed by atoms with van der Waals surface area (Å²) in [5, 5.41) is 0. The van der Waals surface area contributed by atoms with Crippen molar-refractivity contribution in [1.29, 1.82) is 0 Å². The van der Waals surface area contributed by atoms with E-state index in [-0.39, 0.29) is 11.9 Å². The molecule has 0 heterocycles. The van der Waals surface area contributed by atoms with Crippen LogP contribution >= 0.6 is 0 Å². The topological polar surface area (TPSA) is 52.6 Å². The zero-order valence-electron chi connectivity index (χ0n) is 28.5. The van der Waals surface area contributed by atoms with Crippen molar-refractivity contribution in [2.45, 2.75) is 195 Å². The Kier molecular flexibility index (Phi) is 29.6. The van der Waals surface area contributed by atoms with E-state index in [1.807, 2.05) is 0 Å². The zero-order valence-corrected chi connectivity index (χ0v) is 28.5. The normalized spacial score (nSPS) is 13.6. The van der Waals surface area contributed by atoms with Gasteiger partial charge in [-0.2, -0.15) is 0 Å². The third-order valence-corrected chi connectivity index (χ3v) is 8.89. The molecule has 0 aliphatic heterocycles. The molecule has 3 atom stereocenters. The molecule has 4 heteroatoms. The molecule has 0 aromatic carbocycles. The van der Waals surface area contributed by atoms with Gasteiger partial charge in [0.2, 0.25) is 0 Å². The average molecular weight is 581 g/mol. The highest BCUT2D eigenvalue weighted by Crippen LogP contribution is 2.19. The van der Waals surface area contributed by atoms with E-state index in [9.17, 15) is 9.59 Å². The van der Waals surface area contributed by atoms with Crippen molar-refractivity contribution in [3.05, 3.63) is 0 Å². The minimum Gasteiger partial charge on any atom is -0.465 e. The molecule has 0 N–H and O–H groups in total. The Hall–Kier alpha value is -1.06. The van der Waals surface area contributed by atoms with Gasteiger partial charge in [-0.3, -0.25) is 9.59 Å². The fourth-order valence-corrected chi connectivity index (χ4v) is 5.62. The van der Waals surface area contributed by atoms with E-state index in [1.54, 1.807) is 0 Å². The maximum Gasteiger partial charge on any atom is 0.306 e. The summed E-state index contributed by atoms with van der Waals surface area (Å²) in [7, 11) is 0. The van der Waals surface area contributed by atoms with Crippen molar-refractivity contribution < 1.29 is 19.1 Å². The lowest BCUT2D eigenvalue weighted by Gasteiger charge is -2.16. The molecular weight excluding hydrogens is 508 g/mol.